The van der Waals surface area contributed by atoms with Crippen LogP contribution >= 0.6 is 0 Å². The maximum atomic E-state index is 12.7. The molecule has 1 aliphatic carbocycles. The molecule has 3 amide bonds. The SMILES string of the molecule is CCN(C)C(=O)c1ccc2c(c1)C(=O)N(C1CCCCC1)C2=O. The van der Waals surface area contributed by atoms with Crippen LogP contribution in [0.15, 0.2) is 18.2 Å². The lowest BCUT2D eigenvalue weighted by molar-refractivity contribution is 0.0548. The second-order valence-electron chi connectivity index (χ2n) is 6.35. The highest BCUT2D eigenvalue weighted by Crippen LogP contribution is 2.31. The van der Waals surface area contributed by atoms with Crippen molar-refractivity contribution in [3.8, 4) is 0 Å². The Morgan fingerprint density at radius 1 is 1.13 bits per heavy atom. The van der Waals surface area contributed by atoms with E-state index in [9.17, 15) is 14.4 Å². The van der Waals surface area contributed by atoms with E-state index in [2.05, 4.69) is 0 Å². The molecule has 0 unspecified atom stereocenters. The van der Waals surface area contributed by atoms with Gasteiger partial charge in [0.05, 0.1) is 11.1 Å². The first-order chi connectivity index (χ1) is 11.0. The Hall–Kier alpha value is -2.17. The summed E-state index contributed by atoms with van der Waals surface area (Å²) in [6.45, 7) is 2.49. The van der Waals surface area contributed by atoms with Gasteiger partial charge >= 0.3 is 0 Å². The molecule has 1 fully saturated rings. The van der Waals surface area contributed by atoms with Gasteiger partial charge in [-0.05, 0) is 38.0 Å². The van der Waals surface area contributed by atoms with E-state index in [1.165, 1.54) is 11.3 Å². The molecule has 5 nitrogen and oxygen atoms in total. The summed E-state index contributed by atoms with van der Waals surface area (Å²) in [5.74, 6) is -0.586. The van der Waals surface area contributed by atoms with Gasteiger partial charge in [-0.1, -0.05) is 19.3 Å². The quantitative estimate of drug-likeness (QED) is 0.806. The van der Waals surface area contributed by atoms with Crippen molar-refractivity contribution in [2.24, 2.45) is 0 Å². The van der Waals surface area contributed by atoms with Crippen molar-refractivity contribution < 1.29 is 14.4 Å². The van der Waals surface area contributed by atoms with Gasteiger partial charge in [0, 0.05) is 25.2 Å². The van der Waals surface area contributed by atoms with E-state index in [1.54, 1.807) is 30.1 Å². The Balaban J connectivity index is 1.91. The second-order valence-corrected chi connectivity index (χ2v) is 6.35. The van der Waals surface area contributed by atoms with Gasteiger partial charge in [0.15, 0.2) is 0 Å². The van der Waals surface area contributed by atoms with Crippen LogP contribution in [-0.2, 0) is 0 Å². The molecule has 1 aliphatic heterocycles. The Bertz CT molecular complexity index is 662. The van der Waals surface area contributed by atoms with Gasteiger partial charge in [0.1, 0.15) is 0 Å². The van der Waals surface area contributed by atoms with E-state index in [0.717, 1.165) is 25.7 Å². The fourth-order valence-corrected chi connectivity index (χ4v) is 3.43. The lowest BCUT2D eigenvalue weighted by Gasteiger charge is -2.29. The molecular weight excluding hydrogens is 292 g/mol. The number of hydrogen-bond acceptors (Lipinski definition) is 3. The molecule has 23 heavy (non-hydrogen) atoms. The summed E-state index contributed by atoms with van der Waals surface area (Å²) in [5, 5.41) is 0. The molecule has 0 bridgehead atoms. The Labute approximate surface area is 136 Å². The highest BCUT2D eigenvalue weighted by Gasteiger charge is 2.40. The first-order valence-corrected chi connectivity index (χ1v) is 8.32. The van der Waals surface area contributed by atoms with Crippen molar-refractivity contribution >= 4 is 17.7 Å². The molecule has 0 N–H and O–H groups in total. The number of nitrogens with zero attached hydrogens (tertiary/aromatic N) is 2. The van der Waals surface area contributed by atoms with E-state index >= 15 is 0 Å². The number of hydrogen-bond donors (Lipinski definition) is 0. The largest absolute Gasteiger partial charge is 0.342 e. The average Bonchev–Trinajstić information content (AvgIpc) is 2.84. The zero-order valence-corrected chi connectivity index (χ0v) is 13.7. The van der Waals surface area contributed by atoms with Crippen LogP contribution in [0.1, 0.15) is 70.1 Å². The van der Waals surface area contributed by atoms with Crippen LogP contribution < -0.4 is 0 Å². The number of carbonyl (C=O) groups is 3. The van der Waals surface area contributed by atoms with Gasteiger partial charge in [0.25, 0.3) is 17.7 Å². The molecule has 1 heterocycles. The molecule has 0 atom stereocenters. The minimum absolute atomic E-state index is 0.00798. The minimum atomic E-state index is -0.245. The molecule has 0 aromatic heterocycles. The maximum Gasteiger partial charge on any atom is 0.261 e. The van der Waals surface area contributed by atoms with Crippen LogP contribution in [0, 0.1) is 0 Å². The topological polar surface area (TPSA) is 57.7 Å². The van der Waals surface area contributed by atoms with Gasteiger partial charge in [-0.15, -0.1) is 0 Å². The van der Waals surface area contributed by atoms with Crippen LogP contribution in [0.5, 0.6) is 0 Å². The molecular formula is C18H22N2O3. The van der Waals surface area contributed by atoms with Crippen LogP contribution in [-0.4, -0.2) is 47.2 Å². The van der Waals surface area contributed by atoms with Crippen molar-refractivity contribution in [3.05, 3.63) is 34.9 Å². The van der Waals surface area contributed by atoms with Gasteiger partial charge in [0.2, 0.25) is 0 Å². The molecule has 0 saturated heterocycles. The Morgan fingerprint density at radius 3 is 2.43 bits per heavy atom. The third-order valence-electron chi connectivity index (χ3n) is 4.93. The third-order valence-corrected chi connectivity index (χ3v) is 4.93. The third kappa shape index (κ3) is 2.64. The van der Waals surface area contributed by atoms with Crippen molar-refractivity contribution in [3.63, 3.8) is 0 Å². The van der Waals surface area contributed by atoms with Gasteiger partial charge in [-0.2, -0.15) is 0 Å². The first kappa shape index (κ1) is 15.7. The number of benzene rings is 1. The zero-order valence-electron chi connectivity index (χ0n) is 13.7. The predicted octanol–water partition coefficient (Wildman–Crippen LogP) is 2.71. The summed E-state index contributed by atoms with van der Waals surface area (Å²) < 4.78 is 0. The normalized spacial score (nSPS) is 18.3. The van der Waals surface area contributed by atoms with E-state index < -0.39 is 0 Å². The van der Waals surface area contributed by atoms with Crippen LogP contribution in [0.2, 0.25) is 0 Å². The van der Waals surface area contributed by atoms with Crippen LogP contribution in [0.3, 0.4) is 0 Å². The highest BCUT2D eigenvalue weighted by molar-refractivity contribution is 6.22. The summed E-state index contributed by atoms with van der Waals surface area (Å²) >= 11 is 0. The number of rotatable bonds is 3. The summed E-state index contributed by atoms with van der Waals surface area (Å²) in [4.78, 5) is 40.6. The van der Waals surface area contributed by atoms with Gasteiger partial charge in [-0.25, -0.2) is 0 Å². The number of imide groups is 1. The predicted molar refractivity (Wildman–Crippen MR) is 86.4 cm³/mol. The molecule has 1 aromatic carbocycles. The molecule has 2 aliphatic rings. The number of carbonyl (C=O) groups excluding carboxylic acids is 3. The monoisotopic (exact) mass is 314 g/mol. The standard InChI is InChI=1S/C18H22N2O3/c1-3-19(2)16(21)12-9-10-14-15(11-12)18(23)20(17(14)22)13-7-5-4-6-8-13/h9-11,13H,3-8H2,1-2H3. The second kappa shape index (κ2) is 6.14. The van der Waals surface area contributed by atoms with E-state index in [4.69, 9.17) is 0 Å². The maximum absolute atomic E-state index is 12.7. The van der Waals surface area contributed by atoms with E-state index in [0.29, 0.717) is 23.2 Å². The fraction of sp³-hybridized carbons (Fsp3) is 0.500. The molecule has 0 spiro atoms. The Kier molecular flexibility index (Phi) is 4.20. The molecule has 3 rings (SSSR count). The molecule has 0 radical (unpaired) electrons. The van der Waals surface area contributed by atoms with Crippen molar-refractivity contribution in [1.82, 2.24) is 9.80 Å². The van der Waals surface area contributed by atoms with Crippen molar-refractivity contribution in [2.45, 2.75) is 45.1 Å². The smallest absolute Gasteiger partial charge is 0.261 e. The average molecular weight is 314 g/mol. The lowest BCUT2D eigenvalue weighted by Crippen LogP contribution is -2.40. The summed E-state index contributed by atoms with van der Waals surface area (Å²) in [6.07, 6.45) is 5.06. The number of fused-ring (bicyclic) bond motifs is 1. The van der Waals surface area contributed by atoms with E-state index in [-0.39, 0.29) is 23.8 Å². The zero-order chi connectivity index (χ0) is 16.6. The molecule has 5 heteroatoms. The van der Waals surface area contributed by atoms with Crippen molar-refractivity contribution in [2.75, 3.05) is 13.6 Å². The van der Waals surface area contributed by atoms with E-state index in [1.807, 2.05) is 6.92 Å². The fourth-order valence-electron chi connectivity index (χ4n) is 3.43. The number of amides is 3. The molecule has 1 saturated carbocycles. The van der Waals surface area contributed by atoms with Gasteiger partial charge in [-0.3, -0.25) is 19.3 Å². The highest BCUT2D eigenvalue weighted by atomic mass is 16.2. The van der Waals surface area contributed by atoms with Crippen LogP contribution in [0.25, 0.3) is 0 Å². The molecule has 122 valence electrons. The summed E-state index contributed by atoms with van der Waals surface area (Å²) in [5.41, 5.74) is 1.26. The first-order valence-electron chi connectivity index (χ1n) is 8.32. The summed E-state index contributed by atoms with van der Waals surface area (Å²) in [6, 6.07) is 4.85. The minimum Gasteiger partial charge on any atom is -0.342 e. The lowest BCUT2D eigenvalue weighted by atomic mass is 9.94. The summed E-state index contributed by atoms with van der Waals surface area (Å²) in [7, 11) is 1.72. The van der Waals surface area contributed by atoms with Gasteiger partial charge < -0.3 is 4.90 Å². The Morgan fingerprint density at radius 2 is 1.78 bits per heavy atom. The molecule has 1 aromatic rings. The van der Waals surface area contributed by atoms with Crippen molar-refractivity contribution in [1.29, 1.82) is 0 Å². The van der Waals surface area contributed by atoms with Crippen LogP contribution in [0.4, 0.5) is 0 Å².